The number of nitrogens with one attached hydrogen (secondary N) is 2. The van der Waals surface area contributed by atoms with E-state index in [4.69, 9.17) is 4.74 Å². The van der Waals surface area contributed by atoms with Crippen LogP contribution in [-0.4, -0.2) is 52.1 Å². The number of nitrogens with zero attached hydrogens (tertiary/aromatic N) is 1. The number of benzene rings is 2. The lowest BCUT2D eigenvalue weighted by Gasteiger charge is -2.34. The Kier molecular flexibility index (Phi) is 10.1. The Morgan fingerprint density at radius 1 is 1.03 bits per heavy atom. The fourth-order valence-corrected chi connectivity index (χ4v) is 3.65. The number of phenolic OH excluding ortho intramolecular Hbond substituents is 1. The molecule has 0 radical (unpaired) electrons. The van der Waals surface area contributed by atoms with Gasteiger partial charge in [-0.05, 0) is 57.9 Å². The molecule has 0 aliphatic rings. The van der Waals surface area contributed by atoms with Crippen LogP contribution in [0.3, 0.4) is 0 Å². The summed E-state index contributed by atoms with van der Waals surface area (Å²) in [5, 5.41) is 15.3. The molecule has 3 N–H and O–H groups in total. The van der Waals surface area contributed by atoms with Gasteiger partial charge in [0.05, 0.1) is 0 Å². The molecule has 2 unspecified atom stereocenters. The Bertz CT molecular complexity index is 1030. The van der Waals surface area contributed by atoms with E-state index < -0.39 is 29.7 Å². The van der Waals surface area contributed by atoms with Crippen molar-refractivity contribution in [1.29, 1.82) is 0 Å². The number of hydrogen-bond acceptors (Lipinski definition) is 5. The van der Waals surface area contributed by atoms with Crippen molar-refractivity contribution in [3.8, 4) is 5.75 Å². The Morgan fingerprint density at radius 2 is 1.64 bits per heavy atom. The third kappa shape index (κ3) is 8.76. The number of amides is 3. The third-order valence-electron chi connectivity index (χ3n) is 5.08. The fourth-order valence-electron chi connectivity index (χ4n) is 3.65. The quantitative estimate of drug-likeness (QED) is 0.430. The van der Waals surface area contributed by atoms with Gasteiger partial charge in [-0.3, -0.25) is 9.59 Å². The van der Waals surface area contributed by atoms with Gasteiger partial charge in [0.15, 0.2) is 0 Å². The van der Waals surface area contributed by atoms with Crippen LogP contribution in [0, 0.1) is 0 Å². The first-order valence-electron chi connectivity index (χ1n) is 12.0. The van der Waals surface area contributed by atoms with Crippen LogP contribution in [0.2, 0.25) is 0 Å². The molecule has 0 bridgehead atoms. The van der Waals surface area contributed by atoms with Crippen molar-refractivity contribution < 1.29 is 24.2 Å². The molecule has 8 nitrogen and oxygen atoms in total. The average molecular weight is 496 g/mol. The van der Waals surface area contributed by atoms with Gasteiger partial charge in [-0.15, -0.1) is 6.58 Å². The highest BCUT2D eigenvalue weighted by Gasteiger charge is 2.36. The SMILES string of the molecule is C=CCN(C(=O)C(Cc1ccccc1)NC(=O)OC(C)(C)C)C(C(=O)NC(C)C)c1ccc(O)cc1. The topological polar surface area (TPSA) is 108 Å². The minimum Gasteiger partial charge on any atom is -0.508 e. The highest BCUT2D eigenvalue weighted by molar-refractivity contribution is 5.92. The van der Waals surface area contributed by atoms with Gasteiger partial charge in [0, 0.05) is 19.0 Å². The van der Waals surface area contributed by atoms with Crippen molar-refractivity contribution >= 4 is 17.9 Å². The number of rotatable bonds is 10. The number of ether oxygens (including phenoxy) is 1. The van der Waals surface area contributed by atoms with Gasteiger partial charge in [-0.2, -0.15) is 0 Å². The van der Waals surface area contributed by atoms with E-state index in [1.165, 1.54) is 23.1 Å². The maximum atomic E-state index is 14.0. The van der Waals surface area contributed by atoms with E-state index in [0.29, 0.717) is 5.56 Å². The zero-order chi connectivity index (χ0) is 26.9. The second-order valence-electron chi connectivity index (χ2n) is 9.83. The molecule has 3 amide bonds. The molecule has 0 spiro atoms. The standard InChI is InChI=1S/C28H37N3O5/c1-7-17-31(24(25(33)29-19(2)3)21-13-15-22(32)16-14-21)26(34)23(18-20-11-9-8-10-12-20)30-27(35)36-28(4,5)6/h7-16,19,23-24,32H,1,17-18H2,2-6H3,(H,29,33)(H,30,35). The van der Waals surface area contributed by atoms with E-state index in [-0.39, 0.29) is 30.7 Å². The molecule has 36 heavy (non-hydrogen) atoms. The largest absolute Gasteiger partial charge is 0.508 e. The van der Waals surface area contributed by atoms with E-state index in [1.807, 2.05) is 44.2 Å². The number of alkyl carbamates (subject to hydrolysis) is 1. The second kappa shape index (κ2) is 12.8. The molecule has 194 valence electrons. The van der Waals surface area contributed by atoms with Crippen LogP contribution in [0.5, 0.6) is 5.75 Å². The molecule has 0 aromatic heterocycles. The maximum Gasteiger partial charge on any atom is 0.408 e. The molecule has 2 aromatic rings. The molecule has 2 rings (SSSR count). The van der Waals surface area contributed by atoms with Crippen LogP contribution in [-0.2, 0) is 20.7 Å². The lowest BCUT2D eigenvalue weighted by atomic mass is 10.00. The van der Waals surface area contributed by atoms with Gasteiger partial charge in [-0.1, -0.05) is 48.5 Å². The van der Waals surface area contributed by atoms with Crippen molar-refractivity contribution in [2.75, 3.05) is 6.54 Å². The molecule has 2 aromatic carbocycles. The van der Waals surface area contributed by atoms with Gasteiger partial charge in [0.25, 0.3) is 0 Å². The van der Waals surface area contributed by atoms with Gasteiger partial charge in [0.1, 0.15) is 23.4 Å². The Labute approximate surface area is 213 Å². The summed E-state index contributed by atoms with van der Waals surface area (Å²) in [6, 6.07) is 13.2. The van der Waals surface area contributed by atoms with Gasteiger partial charge in [-0.25, -0.2) is 4.79 Å². The summed E-state index contributed by atoms with van der Waals surface area (Å²) in [6.07, 6.45) is 0.991. The normalized spacial score (nSPS) is 12.8. The van der Waals surface area contributed by atoms with Gasteiger partial charge < -0.3 is 25.4 Å². The van der Waals surface area contributed by atoms with Crippen LogP contribution in [0.15, 0.2) is 67.3 Å². The maximum absolute atomic E-state index is 14.0. The highest BCUT2D eigenvalue weighted by atomic mass is 16.6. The molecule has 2 atom stereocenters. The molecular weight excluding hydrogens is 458 g/mol. The molecule has 8 heteroatoms. The zero-order valence-electron chi connectivity index (χ0n) is 21.7. The fraction of sp³-hybridized carbons (Fsp3) is 0.393. The number of hydrogen-bond donors (Lipinski definition) is 3. The van der Waals surface area contributed by atoms with Crippen molar-refractivity contribution in [3.05, 3.63) is 78.4 Å². The number of phenols is 1. The summed E-state index contributed by atoms with van der Waals surface area (Å²) in [4.78, 5) is 41.4. The first kappa shape index (κ1) is 28.4. The van der Waals surface area contributed by atoms with Crippen LogP contribution in [0.25, 0.3) is 0 Å². The first-order chi connectivity index (χ1) is 16.9. The summed E-state index contributed by atoms with van der Waals surface area (Å²) >= 11 is 0. The molecule has 0 fully saturated rings. The number of carbonyl (C=O) groups excluding carboxylic acids is 3. The Morgan fingerprint density at radius 3 is 2.17 bits per heavy atom. The summed E-state index contributed by atoms with van der Waals surface area (Å²) < 4.78 is 5.41. The molecule has 0 heterocycles. The van der Waals surface area contributed by atoms with E-state index in [2.05, 4.69) is 17.2 Å². The Balaban J connectivity index is 2.50. The van der Waals surface area contributed by atoms with Crippen molar-refractivity contribution in [1.82, 2.24) is 15.5 Å². The van der Waals surface area contributed by atoms with Crippen LogP contribution in [0.1, 0.15) is 51.8 Å². The van der Waals surface area contributed by atoms with Crippen molar-refractivity contribution in [3.63, 3.8) is 0 Å². The van der Waals surface area contributed by atoms with Crippen LogP contribution >= 0.6 is 0 Å². The Hall–Kier alpha value is -3.81. The van der Waals surface area contributed by atoms with E-state index >= 15 is 0 Å². The smallest absolute Gasteiger partial charge is 0.408 e. The molecule has 0 saturated heterocycles. The molecule has 0 saturated carbocycles. The third-order valence-corrected chi connectivity index (χ3v) is 5.08. The molecule has 0 aliphatic carbocycles. The van der Waals surface area contributed by atoms with Crippen LogP contribution < -0.4 is 10.6 Å². The monoisotopic (exact) mass is 495 g/mol. The highest BCUT2D eigenvalue weighted by Crippen LogP contribution is 2.25. The first-order valence-corrected chi connectivity index (χ1v) is 12.0. The predicted octanol–water partition coefficient (Wildman–Crippen LogP) is 4.11. The van der Waals surface area contributed by atoms with Gasteiger partial charge in [0.2, 0.25) is 11.8 Å². The minimum atomic E-state index is -1.02. The average Bonchev–Trinajstić information content (AvgIpc) is 2.78. The molecule has 0 aliphatic heterocycles. The van der Waals surface area contributed by atoms with Gasteiger partial charge >= 0.3 is 6.09 Å². The van der Waals surface area contributed by atoms with E-state index in [9.17, 15) is 19.5 Å². The second-order valence-corrected chi connectivity index (χ2v) is 9.83. The van der Waals surface area contributed by atoms with E-state index in [1.54, 1.807) is 32.9 Å². The molecular formula is C28H37N3O5. The summed E-state index contributed by atoms with van der Waals surface area (Å²) in [5.74, 6) is -0.819. The van der Waals surface area contributed by atoms with Crippen molar-refractivity contribution in [2.45, 2.75) is 64.8 Å². The van der Waals surface area contributed by atoms with Crippen molar-refractivity contribution in [2.24, 2.45) is 0 Å². The van der Waals surface area contributed by atoms with Crippen LogP contribution in [0.4, 0.5) is 4.79 Å². The number of aromatic hydroxyl groups is 1. The summed E-state index contributed by atoms with van der Waals surface area (Å²) in [6.45, 7) is 12.7. The lowest BCUT2D eigenvalue weighted by Crippen LogP contribution is -2.54. The number of carbonyl (C=O) groups is 3. The van der Waals surface area contributed by atoms with E-state index in [0.717, 1.165) is 5.56 Å². The zero-order valence-corrected chi connectivity index (χ0v) is 21.7. The predicted molar refractivity (Wildman–Crippen MR) is 139 cm³/mol. The summed E-state index contributed by atoms with van der Waals surface area (Å²) in [5.41, 5.74) is 0.590. The lowest BCUT2D eigenvalue weighted by molar-refractivity contribution is -0.142. The minimum absolute atomic E-state index is 0.0388. The summed E-state index contributed by atoms with van der Waals surface area (Å²) in [7, 11) is 0.